The van der Waals surface area contributed by atoms with Gasteiger partial charge in [-0.05, 0) is 18.2 Å². The number of nitriles is 1. The minimum absolute atomic E-state index is 0.0571. The summed E-state index contributed by atoms with van der Waals surface area (Å²) in [7, 11) is 1.34. The molecule has 0 radical (unpaired) electrons. The number of imidazole rings is 1. The first-order chi connectivity index (χ1) is 11.2. The van der Waals surface area contributed by atoms with Crippen LogP contribution in [0.4, 0.5) is 23.2 Å². The molecule has 2 rings (SSSR count). The molecule has 0 aliphatic carbocycles. The predicted octanol–water partition coefficient (Wildman–Crippen LogP) is 2.68. The minimum atomic E-state index is -4.95. The topological polar surface area (TPSA) is 73.9 Å². The maximum Gasteiger partial charge on any atom is 0.424 e. The fraction of sp³-hybridized carbons (Fsp3) is 0.333. The summed E-state index contributed by atoms with van der Waals surface area (Å²) in [6.07, 6.45) is -3.27. The molecule has 0 aliphatic heterocycles. The summed E-state index contributed by atoms with van der Waals surface area (Å²) in [6.45, 7) is -0.355. The van der Waals surface area contributed by atoms with E-state index in [9.17, 15) is 22.7 Å². The summed E-state index contributed by atoms with van der Waals surface area (Å²) < 4.78 is 54.7. The number of nitrogens with one attached hydrogen (secondary N) is 1. The SMILES string of the molecule is Cn1ccnc1C(O)(CCNc1ccc(C#N)cc1F)C(F)(F)F. The first-order valence-electron chi connectivity index (χ1n) is 6.89. The zero-order valence-corrected chi connectivity index (χ0v) is 12.6. The summed E-state index contributed by atoms with van der Waals surface area (Å²) in [5.41, 5.74) is -3.13. The molecule has 5 nitrogen and oxygen atoms in total. The summed E-state index contributed by atoms with van der Waals surface area (Å²) >= 11 is 0. The molecule has 0 fully saturated rings. The van der Waals surface area contributed by atoms with Gasteiger partial charge in [0.15, 0.2) is 0 Å². The fourth-order valence-corrected chi connectivity index (χ4v) is 2.25. The number of hydrogen-bond acceptors (Lipinski definition) is 4. The van der Waals surface area contributed by atoms with Gasteiger partial charge in [0, 0.05) is 32.4 Å². The van der Waals surface area contributed by atoms with Gasteiger partial charge in [-0.25, -0.2) is 9.37 Å². The third-order valence-electron chi connectivity index (χ3n) is 3.56. The van der Waals surface area contributed by atoms with Crippen molar-refractivity contribution in [3.63, 3.8) is 0 Å². The van der Waals surface area contributed by atoms with E-state index >= 15 is 0 Å². The van der Waals surface area contributed by atoms with Gasteiger partial charge in [0.2, 0.25) is 5.60 Å². The highest BCUT2D eigenvalue weighted by Crippen LogP contribution is 2.40. The number of rotatable bonds is 5. The number of anilines is 1. The van der Waals surface area contributed by atoms with Gasteiger partial charge >= 0.3 is 6.18 Å². The molecular weight excluding hydrogens is 328 g/mol. The number of nitrogens with zero attached hydrogens (tertiary/aromatic N) is 3. The molecule has 1 unspecified atom stereocenters. The van der Waals surface area contributed by atoms with Crippen molar-refractivity contribution in [3.8, 4) is 6.07 Å². The highest BCUT2D eigenvalue weighted by Gasteiger charge is 2.57. The summed E-state index contributed by atoms with van der Waals surface area (Å²) in [4.78, 5) is 3.58. The number of halogens is 4. The normalized spacial score (nSPS) is 14.0. The van der Waals surface area contributed by atoms with Crippen LogP contribution in [-0.2, 0) is 12.6 Å². The predicted molar refractivity (Wildman–Crippen MR) is 77.4 cm³/mol. The average Bonchev–Trinajstić information content (AvgIpc) is 2.94. The average molecular weight is 342 g/mol. The Kier molecular flexibility index (Phi) is 4.80. The van der Waals surface area contributed by atoms with Gasteiger partial charge in [0.25, 0.3) is 0 Å². The van der Waals surface area contributed by atoms with Gasteiger partial charge in [-0.2, -0.15) is 18.4 Å². The zero-order valence-electron chi connectivity index (χ0n) is 12.6. The van der Waals surface area contributed by atoms with E-state index in [4.69, 9.17) is 5.26 Å². The first-order valence-corrected chi connectivity index (χ1v) is 6.89. The molecule has 1 aromatic carbocycles. The molecule has 0 spiro atoms. The monoisotopic (exact) mass is 342 g/mol. The van der Waals surface area contributed by atoms with E-state index in [-0.39, 0.29) is 17.8 Å². The molecule has 0 bridgehead atoms. The highest BCUT2D eigenvalue weighted by atomic mass is 19.4. The van der Waals surface area contributed by atoms with Gasteiger partial charge in [0.1, 0.15) is 11.6 Å². The van der Waals surface area contributed by atoms with Crippen LogP contribution in [0.1, 0.15) is 17.8 Å². The molecule has 1 atom stereocenters. The van der Waals surface area contributed by atoms with Crippen LogP contribution in [0.3, 0.4) is 0 Å². The smallest absolute Gasteiger partial charge is 0.383 e. The van der Waals surface area contributed by atoms with E-state index in [1.54, 1.807) is 6.07 Å². The Labute approximate surface area is 135 Å². The van der Waals surface area contributed by atoms with Gasteiger partial charge in [0.05, 0.1) is 17.3 Å². The van der Waals surface area contributed by atoms with Crippen LogP contribution in [0.2, 0.25) is 0 Å². The number of alkyl halides is 3. The van der Waals surface area contributed by atoms with Gasteiger partial charge in [-0.3, -0.25) is 0 Å². The number of hydrogen-bond donors (Lipinski definition) is 2. The third-order valence-corrected chi connectivity index (χ3v) is 3.56. The van der Waals surface area contributed by atoms with Crippen LogP contribution in [0.5, 0.6) is 0 Å². The number of benzene rings is 1. The maximum atomic E-state index is 13.7. The fourth-order valence-electron chi connectivity index (χ4n) is 2.25. The quantitative estimate of drug-likeness (QED) is 0.820. The summed E-state index contributed by atoms with van der Waals surface area (Å²) in [6, 6.07) is 5.31. The second-order valence-electron chi connectivity index (χ2n) is 5.20. The van der Waals surface area contributed by atoms with Gasteiger partial charge in [-0.15, -0.1) is 0 Å². The second-order valence-corrected chi connectivity index (χ2v) is 5.20. The van der Waals surface area contributed by atoms with Crippen LogP contribution in [0.25, 0.3) is 0 Å². The Morgan fingerprint density at radius 2 is 2.08 bits per heavy atom. The number of aryl methyl sites for hydroxylation is 1. The third kappa shape index (κ3) is 3.33. The van der Waals surface area contributed by atoms with Crippen LogP contribution in [0.15, 0.2) is 30.6 Å². The van der Waals surface area contributed by atoms with E-state index in [0.717, 1.165) is 16.8 Å². The van der Waals surface area contributed by atoms with Crippen molar-refractivity contribution in [1.82, 2.24) is 9.55 Å². The minimum Gasteiger partial charge on any atom is -0.383 e. The Bertz CT molecular complexity index is 766. The van der Waals surface area contributed by atoms with Crippen LogP contribution >= 0.6 is 0 Å². The van der Waals surface area contributed by atoms with Crippen molar-refractivity contribution in [2.24, 2.45) is 7.05 Å². The number of aliphatic hydroxyl groups is 1. The van der Waals surface area contributed by atoms with Crippen molar-refractivity contribution in [2.45, 2.75) is 18.2 Å². The van der Waals surface area contributed by atoms with E-state index in [2.05, 4.69) is 10.3 Å². The van der Waals surface area contributed by atoms with Crippen molar-refractivity contribution in [3.05, 3.63) is 47.8 Å². The van der Waals surface area contributed by atoms with E-state index < -0.39 is 29.8 Å². The van der Waals surface area contributed by atoms with E-state index in [0.29, 0.717) is 0 Å². The lowest BCUT2D eigenvalue weighted by Crippen LogP contribution is -2.45. The first kappa shape index (κ1) is 17.7. The number of aromatic nitrogens is 2. The Balaban J connectivity index is 2.16. The van der Waals surface area contributed by atoms with E-state index in [1.807, 2.05) is 0 Å². The molecule has 24 heavy (non-hydrogen) atoms. The molecule has 0 amide bonds. The standard InChI is InChI=1S/C15H14F4N4O/c1-23-7-6-22-13(23)14(24,15(17,18)19)4-5-21-12-3-2-10(9-20)8-11(12)16/h2-3,6-8,21,24H,4-5H2,1H3. The van der Waals surface area contributed by atoms with E-state index in [1.165, 1.54) is 25.4 Å². The largest absolute Gasteiger partial charge is 0.424 e. The van der Waals surface area contributed by atoms with Gasteiger partial charge in [-0.1, -0.05) is 0 Å². The molecule has 1 aromatic heterocycles. The van der Waals surface area contributed by atoms with Crippen LogP contribution in [-0.4, -0.2) is 27.4 Å². The molecule has 2 aromatic rings. The molecule has 0 saturated heterocycles. The van der Waals surface area contributed by atoms with Crippen molar-refractivity contribution in [1.29, 1.82) is 5.26 Å². The van der Waals surface area contributed by atoms with Crippen LogP contribution in [0, 0.1) is 17.1 Å². The van der Waals surface area contributed by atoms with Crippen molar-refractivity contribution >= 4 is 5.69 Å². The molecule has 1 heterocycles. The molecule has 128 valence electrons. The Morgan fingerprint density at radius 3 is 2.58 bits per heavy atom. The molecule has 9 heteroatoms. The highest BCUT2D eigenvalue weighted by molar-refractivity contribution is 5.48. The Morgan fingerprint density at radius 1 is 1.38 bits per heavy atom. The van der Waals surface area contributed by atoms with Crippen molar-refractivity contribution in [2.75, 3.05) is 11.9 Å². The molecule has 2 N–H and O–H groups in total. The molecular formula is C15H14F4N4O. The maximum absolute atomic E-state index is 13.7. The summed E-state index contributed by atoms with van der Waals surface area (Å²) in [5.74, 6) is -1.31. The lowest BCUT2D eigenvalue weighted by molar-refractivity contribution is -0.271. The van der Waals surface area contributed by atoms with Gasteiger partial charge < -0.3 is 15.0 Å². The molecule has 0 aliphatic rings. The lowest BCUT2D eigenvalue weighted by Gasteiger charge is -2.30. The van der Waals surface area contributed by atoms with Crippen LogP contribution < -0.4 is 5.32 Å². The second kappa shape index (κ2) is 6.49. The molecule has 0 saturated carbocycles. The lowest BCUT2D eigenvalue weighted by atomic mass is 9.97. The zero-order chi connectivity index (χ0) is 18.0. The summed E-state index contributed by atoms with van der Waals surface area (Å²) in [5, 5.41) is 21.3. The Hall–Kier alpha value is -2.60. The van der Waals surface area contributed by atoms with Crippen molar-refractivity contribution < 1.29 is 22.7 Å².